The molecule has 1 saturated heterocycles. The second-order valence-electron chi connectivity index (χ2n) is 7.04. The van der Waals surface area contributed by atoms with Crippen molar-refractivity contribution >= 4 is 15.9 Å². The minimum atomic E-state index is -3.91. The van der Waals surface area contributed by atoms with E-state index in [2.05, 4.69) is 22.3 Å². The Kier molecular flexibility index (Phi) is 5.94. The lowest BCUT2D eigenvalue weighted by atomic mass is 9.94. The molecule has 0 spiro atoms. The zero-order valence-corrected chi connectivity index (χ0v) is 16.1. The van der Waals surface area contributed by atoms with E-state index in [-0.39, 0.29) is 12.0 Å². The summed E-state index contributed by atoms with van der Waals surface area (Å²) in [7, 11) is -3.91. The van der Waals surface area contributed by atoms with Crippen LogP contribution in [0.5, 0.6) is 0 Å². The van der Waals surface area contributed by atoms with Gasteiger partial charge in [-0.25, -0.2) is 13.6 Å². The third-order valence-corrected chi connectivity index (χ3v) is 6.26. The summed E-state index contributed by atoms with van der Waals surface area (Å²) in [5.41, 5.74) is 2.33. The van der Waals surface area contributed by atoms with Gasteiger partial charge in [-0.3, -0.25) is 9.69 Å². The van der Waals surface area contributed by atoms with E-state index in [1.807, 2.05) is 48.5 Å². The normalized spacial score (nSPS) is 21.7. The van der Waals surface area contributed by atoms with Gasteiger partial charge in [-0.2, -0.15) is 0 Å². The Morgan fingerprint density at radius 1 is 1.11 bits per heavy atom. The van der Waals surface area contributed by atoms with Crippen LogP contribution < -0.4 is 10.5 Å². The highest BCUT2D eigenvalue weighted by molar-refractivity contribution is 7.90. The van der Waals surface area contributed by atoms with E-state index in [1.165, 1.54) is 12.5 Å². The maximum absolute atomic E-state index is 12.4. The molecule has 1 amide bonds. The molecule has 3 N–H and O–H groups in total. The van der Waals surface area contributed by atoms with Crippen molar-refractivity contribution < 1.29 is 13.2 Å². The van der Waals surface area contributed by atoms with Crippen LogP contribution in [-0.2, 0) is 21.4 Å². The maximum Gasteiger partial charge on any atom is 0.239 e. The van der Waals surface area contributed by atoms with Crippen LogP contribution in [-0.4, -0.2) is 43.6 Å². The lowest BCUT2D eigenvalue weighted by Crippen LogP contribution is -2.47. The number of benzene rings is 2. The Bertz CT molecular complexity index is 872. The van der Waals surface area contributed by atoms with Gasteiger partial charge in [0.2, 0.25) is 15.9 Å². The summed E-state index contributed by atoms with van der Waals surface area (Å²) < 4.78 is 23.0. The van der Waals surface area contributed by atoms with E-state index in [1.54, 1.807) is 0 Å². The Balaban J connectivity index is 1.77. The van der Waals surface area contributed by atoms with Crippen LogP contribution >= 0.6 is 0 Å². The van der Waals surface area contributed by atoms with Crippen LogP contribution in [0.4, 0.5) is 0 Å². The molecule has 27 heavy (non-hydrogen) atoms. The number of amides is 1. The smallest absolute Gasteiger partial charge is 0.239 e. The molecule has 0 bridgehead atoms. The Hall–Kier alpha value is -2.22. The van der Waals surface area contributed by atoms with Crippen molar-refractivity contribution in [1.82, 2.24) is 10.2 Å². The van der Waals surface area contributed by atoms with Crippen molar-refractivity contribution in [3.8, 4) is 0 Å². The number of hydrogen-bond donors (Lipinski definition) is 2. The van der Waals surface area contributed by atoms with Gasteiger partial charge in [-0.15, -0.1) is 0 Å². The number of carbonyl (C=O) groups excluding carboxylic acids is 1. The van der Waals surface area contributed by atoms with E-state index in [4.69, 9.17) is 5.14 Å². The summed E-state index contributed by atoms with van der Waals surface area (Å²) >= 11 is 0. The number of nitrogens with one attached hydrogen (secondary N) is 1. The number of likely N-dealkylation sites (tertiary alicyclic amines) is 1. The fraction of sp³-hybridized carbons (Fsp3) is 0.350. The summed E-state index contributed by atoms with van der Waals surface area (Å²) in [6, 6.07) is 20.0. The lowest BCUT2D eigenvalue weighted by Gasteiger charge is -2.21. The molecule has 0 saturated carbocycles. The van der Waals surface area contributed by atoms with Crippen LogP contribution in [0.25, 0.3) is 0 Å². The first-order valence-corrected chi connectivity index (χ1v) is 10.6. The second kappa shape index (κ2) is 8.21. The van der Waals surface area contributed by atoms with E-state index in [9.17, 15) is 13.2 Å². The number of rotatable bonds is 6. The van der Waals surface area contributed by atoms with Gasteiger partial charge < -0.3 is 5.32 Å². The predicted octanol–water partition coefficient (Wildman–Crippen LogP) is 1.45. The number of primary sulfonamides is 1. The van der Waals surface area contributed by atoms with Gasteiger partial charge in [0.15, 0.2) is 5.25 Å². The van der Waals surface area contributed by atoms with Crippen molar-refractivity contribution in [3.63, 3.8) is 0 Å². The first-order valence-electron chi connectivity index (χ1n) is 8.98. The number of sulfonamides is 1. The number of nitrogens with zero attached hydrogens (tertiary/aromatic N) is 1. The molecule has 3 atom stereocenters. The monoisotopic (exact) mass is 387 g/mol. The first-order chi connectivity index (χ1) is 12.8. The summed E-state index contributed by atoms with van der Waals surface area (Å²) in [5.74, 6) is -0.462. The van der Waals surface area contributed by atoms with Crippen LogP contribution in [0.3, 0.4) is 0 Å². The van der Waals surface area contributed by atoms with E-state index in [0.29, 0.717) is 6.54 Å². The fourth-order valence-electron chi connectivity index (χ4n) is 3.49. The quantitative estimate of drug-likeness (QED) is 0.785. The topological polar surface area (TPSA) is 92.5 Å². The van der Waals surface area contributed by atoms with Gasteiger partial charge in [0.1, 0.15) is 0 Å². The Morgan fingerprint density at radius 3 is 2.30 bits per heavy atom. The highest BCUT2D eigenvalue weighted by atomic mass is 32.2. The van der Waals surface area contributed by atoms with Crippen LogP contribution in [0.2, 0.25) is 0 Å². The van der Waals surface area contributed by atoms with Gasteiger partial charge >= 0.3 is 0 Å². The molecule has 0 aliphatic carbocycles. The molecule has 144 valence electrons. The highest BCUT2D eigenvalue weighted by Gasteiger charge is 2.36. The molecule has 6 nitrogen and oxygen atoms in total. The Morgan fingerprint density at radius 2 is 1.70 bits per heavy atom. The van der Waals surface area contributed by atoms with Crippen molar-refractivity contribution in [1.29, 1.82) is 0 Å². The molecule has 0 radical (unpaired) electrons. The zero-order valence-electron chi connectivity index (χ0n) is 15.3. The van der Waals surface area contributed by atoms with Gasteiger partial charge in [0, 0.05) is 31.6 Å². The molecular weight excluding hydrogens is 362 g/mol. The number of hydrogen-bond acceptors (Lipinski definition) is 4. The highest BCUT2D eigenvalue weighted by Crippen LogP contribution is 2.29. The van der Waals surface area contributed by atoms with Crippen LogP contribution in [0.1, 0.15) is 24.0 Å². The average Bonchev–Trinajstić information content (AvgIpc) is 3.04. The molecule has 1 aliphatic rings. The first kappa shape index (κ1) is 19.5. The third-order valence-electron chi connectivity index (χ3n) is 5.06. The van der Waals surface area contributed by atoms with Crippen LogP contribution in [0, 0.1) is 0 Å². The molecule has 2 aromatic carbocycles. The van der Waals surface area contributed by atoms with Gasteiger partial charge in [0.25, 0.3) is 0 Å². The molecule has 1 heterocycles. The predicted molar refractivity (Wildman–Crippen MR) is 105 cm³/mol. The molecule has 1 unspecified atom stereocenters. The SMILES string of the molecule is CC(C(=O)N[C@@H]1CN(Cc2ccccc2)C[C@H]1c1ccccc1)S(N)(=O)=O. The summed E-state index contributed by atoms with van der Waals surface area (Å²) in [6.07, 6.45) is 0. The van der Waals surface area contributed by atoms with Crippen molar-refractivity contribution in [2.45, 2.75) is 30.7 Å². The summed E-state index contributed by atoms with van der Waals surface area (Å²) in [4.78, 5) is 14.7. The Labute approximate surface area is 160 Å². The standard InChI is InChI=1S/C20H25N3O3S/c1-15(27(21,25)26)20(24)22-19-14-23(12-16-8-4-2-5-9-16)13-18(19)17-10-6-3-7-11-17/h2-11,15,18-19H,12-14H2,1H3,(H,22,24)(H2,21,25,26)/t15?,18-,19+/m0/s1. The fourth-order valence-corrected chi connectivity index (χ4v) is 3.86. The van der Waals surface area contributed by atoms with Crippen LogP contribution in [0.15, 0.2) is 60.7 Å². The summed E-state index contributed by atoms with van der Waals surface area (Å²) in [6.45, 7) is 3.53. The lowest BCUT2D eigenvalue weighted by molar-refractivity contribution is -0.121. The van der Waals surface area contributed by atoms with Crippen molar-refractivity contribution in [2.24, 2.45) is 5.14 Å². The zero-order chi connectivity index (χ0) is 19.4. The molecular formula is C20H25N3O3S. The molecule has 1 fully saturated rings. The molecule has 2 aromatic rings. The van der Waals surface area contributed by atoms with Crippen molar-refractivity contribution in [2.75, 3.05) is 13.1 Å². The molecule has 7 heteroatoms. The minimum absolute atomic E-state index is 0.0894. The van der Waals surface area contributed by atoms with Gasteiger partial charge in [-0.1, -0.05) is 60.7 Å². The number of nitrogens with two attached hydrogens (primary N) is 1. The molecule has 0 aromatic heterocycles. The largest absolute Gasteiger partial charge is 0.350 e. The van der Waals surface area contributed by atoms with Gasteiger partial charge in [-0.05, 0) is 18.1 Å². The number of carbonyl (C=O) groups is 1. The van der Waals surface area contributed by atoms with Crippen molar-refractivity contribution in [3.05, 3.63) is 71.8 Å². The third kappa shape index (κ3) is 4.94. The summed E-state index contributed by atoms with van der Waals surface area (Å²) in [5, 5.41) is 6.77. The maximum atomic E-state index is 12.4. The molecule has 1 aliphatic heterocycles. The van der Waals surface area contributed by atoms with E-state index in [0.717, 1.165) is 18.7 Å². The molecule has 3 rings (SSSR count). The minimum Gasteiger partial charge on any atom is -0.350 e. The van der Waals surface area contributed by atoms with Gasteiger partial charge in [0.05, 0.1) is 0 Å². The van der Waals surface area contributed by atoms with E-state index < -0.39 is 21.2 Å². The second-order valence-corrected chi connectivity index (χ2v) is 8.93. The average molecular weight is 388 g/mol. The van der Waals surface area contributed by atoms with E-state index >= 15 is 0 Å².